The van der Waals surface area contributed by atoms with Crippen LogP contribution in [0.3, 0.4) is 0 Å². The number of thiol groups is 1. The van der Waals surface area contributed by atoms with Crippen LogP contribution in [0, 0.1) is 5.92 Å². The van der Waals surface area contributed by atoms with Gasteiger partial charge in [0.1, 0.15) is 5.82 Å². The van der Waals surface area contributed by atoms with Crippen LogP contribution in [0.15, 0.2) is 12.3 Å². The van der Waals surface area contributed by atoms with Crippen molar-refractivity contribution >= 4 is 24.4 Å². The topological polar surface area (TPSA) is 96.4 Å². The van der Waals surface area contributed by atoms with Crippen molar-refractivity contribution < 1.29 is 15.0 Å². The number of aliphatic carboxylic acids is 1. The summed E-state index contributed by atoms with van der Waals surface area (Å²) >= 11 is 3.98. The summed E-state index contributed by atoms with van der Waals surface area (Å²) in [5, 5.41) is 17.9. The number of carboxylic acids is 1. The average Bonchev–Trinajstić information content (AvgIpc) is 2.27. The molecule has 6 heteroatoms. The monoisotopic (exact) mass is 242 g/mol. The molecule has 0 aliphatic heterocycles. The van der Waals surface area contributed by atoms with Gasteiger partial charge in [0, 0.05) is 17.5 Å². The van der Waals surface area contributed by atoms with Crippen LogP contribution in [0.4, 0.5) is 5.82 Å². The molecule has 0 aliphatic carbocycles. The molecule has 4 N–H and O–H groups in total. The first-order chi connectivity index (χ1) is 7.58. The van der Waals surface area contributed by atoms with Crippen molar-refractivity contribution in [1.82, 2.24) is 4.98 Å². The predicted octanol–water partition coefficient (Wildman–Crippen LogP) is 0.329. The molecule has 1 heterocycles. The molecule has 1 atom stereocenters. The molecule has 1 rings (SSSR count). The van der Waals surface area contributed by atoms with Gasteiger partial charge in [-0.1, -0.05) is 0 Å². The summed E-state index contributed by atoms with van der Waals surface area (Å²) in [6.45, 7) is -0.203. The molecule has 0 fully saturated rings. The molecule has 16 heavy (non-hydrogen) atoms. The number of hydrogen-bond donors (Lipinski definition) is 4. The third kappa shape index (κ3) is 3.11. The number of rotatable bonds is 5. The van der Waals surface area contributed by atoms with E-state index in [9.17, 15) is 4.79 Å². The fraction of sp³-hybridized carbons (Fsp3) is 0.400. The van der Waals surface area contributed by atoms with Crippen molar-refractivity contribution in [2.45, 2.75) is 13.0 Å². The summed E-state index contributed by atoms with van der Waals surface area (Å²) in [6, 6.07) is 1.67. The Bertz CT molecular complexity index is 384. The maximum absolute atomic E-state index is 10.8. The van der Waals surface area contributed by atoms with E-state index in [1.165, 1.54) is 6.20 Å². The van der Waals surface area contributed by atoms with Gasteiger partial charge in [0.05, 0.1) is 12.5 Å². The van der Waals surface area contributed by atoms with Gasteiger partial charge in [0.25, 0.3) is 0 Å². The lowest BCUT2D eigenvalue weighted by Crippen LogP contribution is -2.18. The van der Waals surface area contributed by atoms with E-state index in [-0.39, 0.29) is 18.2 Å². The molecule has 0 bridgehead atoms. The summed E-state index contributed by atoms with van der Waals surface area (Å²) in [7, 11) is 0. The van der Waals surface area contributed by atoms with Crippen LogP contribution < -0.4 is 5.73 Å². The average molecular weight is 242 g/mol. The van der Waals surface area contributed by atoms with E-state index in [0.29, 0.717) is 12.0 Å². The number of carbonyl (C=O) groups is 1. The predicted molar refractivity (Wildman–Crippen MR) is 63.3 cm³/mol. The number of hydrogen-bond acceptors (Lipinski definition) is 5. The van der Waals surface area contributed by atoms with E-state index < -0.39 is 11.9 Å². The first-order valence-corrected chi connectivity index (χ1v) is 5.39. The van der Waals surface area contributed by atoms with Gasteiger partial charge in [-0.05, 0) is 18.1 Å². The Hall–Kier alpha value is -1.27. The Labute approximate surface area is 98.7 Å². The maximum Gasteiger partial charge on any atom is 0.307 e. The fourth-order valence-electron chi connectivity index (χ4n) is 1.32. The Morgan fingerprint density at radius 3 is 2.81 bits per heavy atom. The van der Waals surface area contributed by atoms with Crippen molar-refractivity contribution in [2.75, 3.05) is 11.5 Å². The van der Waals surface area contributed by atoms with E-state index in [1.54, 1.807) is 6.07 Å². The molecule has 1 unspecified atom stereocenters. The largest absolute Gasteiger partial charge is 0.481 e. The van der Waals surface area contributed by atoms with Crippen LogP contribution in [0.2, 0.25) is 0 Å². The SMILES string of the molecule is Nc1ncc(CC(CS)C(=O)O)cc1CO. The van der Waals surface area contributed by atoms with E-state index in [2.05, 4.69) is 17.6 Å². The van der Waals surface area contributed by atoms with Gasteiger partial charge in [0.2, 0.25) is 0 Å². The number of nitrogen functional groups attached to an aromatic ring is 1. The fourth-order valence-corrected chi connectivity index (χ4v) is 1.61. The first kappa shape index (κ1) is 12.8. The summed E-state index contributed by atoms with van der Waals surface area (Å²) in [4.78, 5) is 14.7. The minimum absolute atomic E-state index is 0.203. The van der Waals surface area contributed by atoms with Crippen molar-refractivity contribution in [3.8, 4) is 0 Å². The van der Waals surface area contributed by atoms with E-state index in [4.69, 9.17) is 15.9 Å². The third-order valence-electron chi connectivity index (χ3n) is 2.28. The maximum atomic E-state index is 10.8. The zero-order chi connectivity index (χ0) is 12.1. The number of aliphatic hydroxyl groups excluding tert-OH is 1. The van der Waals surface area contributed by atoms with Gasteiger partial charge < -0.3 is 15.9 Å². The Balaban J connectivity index is 2.84. The highest BCUT2D eigenvalue weighted by molar-refractivity contribution is 7.80. The summed E-state index contributed by atoms with van der Waals surface area (Å²) in [6.07, 6.45) is 1.85. The molecule has 0 amide bonds. The van der Waals surface area contributed by atoms with Gasteiger partial charge in [-0.2, -0.15) is 12.6 Å². The summed E-state index contributed by atoms with van der Waals surface area (Å²) < 4.78 is 0. The number of nitrogens with two attached hydrogens (primary N) is 1. The van der Waals surface area contributed by atoms with Gasteiger partial charge in [-0.3, -0.25) is 4.79 Å². The van der Waals surface area contributed by atoms with Gasteiger partial charge in [-0.15, -0.1) is 0 Å². The number of aliphatic hydroxyl groups is 1. The lowest BCUT2D eigenvalue weighted by Gasteiger charge is -2.10. The number of aromatic nitrogens is 1. The van der Waals surface area contributed by atoms with Crippen LogP contribution >= 0.6 is 12.6 Å². The van der Waals surface area contributed by atoms with Crippen LogP contribution in [0.1, 0.15) is 11.1 Å². The van der Waals surface area contributed by atoms with Gasteiger partial charge in [0.15, 0.2) is 0 Å². The second kappa shape index (κ2) is 5.72. The number of nitrogens with zero attached hydrogens (tertiary/aromatic N) is 1. The highest BCUT2D eigenvalue weighted by Crippen LogP contribution is 2.15. The minimum Gasteiger partial charge on any atom is -0.481 e. The second-order valence-corrected chi connectivity index (χ2v) is 3.83. The standard InChI is InChI=1S/C10H14N2O3S/c11-9-7(4-13)1-6(3-12-9)2-8(5-16)10(14)15/h1,3,8,13,16H,2,4-5H2,(H2,11,12)(H,14,15). The Kier molecular flexibility index (Phi) is 4.57. The number of pyridine rings is 1. The van der Waals surface area contributed by atoms with Gasteiger partial charge in [-0.25, -0.2) is 4.98 Å². The van der Waals surface area contributed by atoms with Crippen molar-refractivity contribution in [3.05, 3.63) is 23.4 Å². The van der Waals surface area contributed by atoms with E-state index in [1.807, 2.05) is 0 Å². The van der Waals surface area contributed by atoms with Crippen LogP contribution in [0.5, 0.6) is 0 Å². The molecule has 0 spiro atoms. The van der Waals surface area contributed by atoms with Crippen LogP contribution in [0.25, 0.3) is 0 Å². The van der Waals surface area contributed by atoms with Crippen molar-refractivity contribution in [2.24, 2.45) is 5.92 Å². The van der Waals surface area contributed by atoms with Gasteiger partial charge >= 0.3 is 5.97 Å². The molecule has 0 saturated heterocycles. The smallest absolute Gasteiger partial charge is 0.307 e. The minimum atomic E-state index is -0.891. The molecule has 0 radical (unpaired) electrons. The first-order valence-electron chi connectivity index (χ1n) is 4.76. The number of carboxylic acid groups (broad SMARTS) is 1. The Morgan fingerprint density at radius 1 is 1.62 bits per heavy atom. The van der Waals surface area contributed by atoms with Crippen LogP contribution in [-0.2, 0) is 17.8 Å². The van der Waals surface area contributed by atoms with Crippen LogP contribution in [-0.4, -0.2) is 26.9 Å². The summed E-state index contributed by atoms with van der Waals surface area (Å²) in [5.41, 5.74) is 6.77. The molecule has 0 aromatic carbocycles. The lowest BCUT2D eigenvalue weighted by atomic mass is 10.0. The summed E-state index contributed by atoms with van der Waals surface area (Å²) in [5.74, 6) is -0.921. The zero-order valence-corrected chi connectivity index (χ0v) is 9.52. The highest BCUT2D eigenvalue weighted by atomic mass is 32.1. The molecule has 0 aliphatic rings. The van der Waals surface area contributed by atoms with Crippen molar-refractivity contribution in [3.63, 3.8) is 0 Å². The van der Waals surface area contributed by atoms with E-state index in [0.717, 1.165) is 5.56 Å². The molecule has 88 valence electrons. The van der Waals surface area contributed by atoms with E-state index >= 15 is 0 Å². The molecule has 0 saturated carbocycles. The number of anilines is 1. The Morgan fingerprint density at radius 2 is 2.31 bits per heavy atom. The van der Waals surface area contributed by atoms with Crippen molar-refractivity contribution in [1.29, 1.82) is 0 Å². The quantitative estimate of drug-likeness (QED) is 0.558. The third-order valence-corrected chi connectivity index (χ3v) is 2.72. The zero-order valence-electron chi connectivity index (χ0n) is 8.63. The normalized spacial score (nSPS) is 12.4. The molecule has 1 aromatic rings. The second-order valence-electron chi connectivity index (χ2n) is 3.47. The molecule has 5 nitrogen and oxygen atoms in total. The molecular weight excluding hydrogens is 228 g/mol. The molecular formula is C10H14N2O3S. The molecule has 1 aromatic heterocycles. The highest BCUT2D eigenvalue weighted by Gasteiger charge is 2.16. The lowest BCUT2D eigenvalue weighted by molar-refractivity contribution is -0.140.